The van der Waals surface area contributed by atoms with E-state index in [1.54, 1.807) is 13.0 Å². The number of rotatable bonds is 3. The number of esters is 1. The minimum atomic E-state index is -0.718. The quantitative estimate of drug-likeness (QED) is 0.629. The predicted octanol–water partition coefficient (Wildman–Crippen LogP) is 5.44. The lowest BCUT2D eigenvalue weighted by molar-refractivity contribution is 0.0601. The standard InChI is InChI=1S/C16H12F2N2O2S.C2H6/c1-8-3-4-11(10(17)5-8)20-14-9(16(21)22-2)6-12-15(13(14)18)19-7-23-12;1-2/h3-7,20H,1-2H3;1-2H3. The Morgan fingerprint density at radius 1 is 1.24 bits per heavy atom. The van der Waals surface area contributed by atoms with Gasteiger partial charge in [0.25, 0.3) is 0 Å². The Morgan fingerprint density at radius 2 is 1.96 bits per heavy atom. The molecule has 0 bridgehead atoms. The molecule has 0 saturated carbocycles. The molecule has 0 aliphatic carbocycles. The average Bonchev–Trinajstić information content (AvgIpc) is 3.09. The van der Waals surface area contributed by atoms with E-state index in [1.165, 1.54) is 42.2 Å². The molecule has 4 nitrogen and oxygen atoms in total. The fraction of sp³-hybridized carbons (Fsp3) is 0.222. The van der Waals surface area contributed by atoms with Gasteiger partial charge in [0.05, 0.1) is 34.3 Å². The molecule has 0 fully saturated rings. The maximum atomic E-state index is 14.7. The second kappa shape index (κ2) is 8.02. The van der Waals surface area contributed by atoms with Gasteiger partial charge in [0.1, 0.15) is 11.3 Å². The van der Waals surface area contributed by atoms with Gasteiger partial charge in [0.2, 0.25) is 0 Å². The topological polar surface area (TPSA) is 51.2 Å². The number of fused-ring (bicyclic) bond motifs is 1. The van der Waals surface area contributed by atoms with E-state index >= 15 is 0 Å². The Bertz CT molecular complexity index is 909. The molecule has 0 unspecified atom stereocenters. The predicted molar refractivity (Wildman–Crippen MR) is 96.7 cm³/mol. The first-order chi connectivity index (χ1) is 12.0. The number of aryl methyl sites for hydroxylation is 1. The van der Waals surface area contributed by atoms with Gasteiger partial charge >= 0.3 is 5.97 Å². The third-order valence-corrected chi connectivity index (χ3v) is 4.13. The number of thiazole rings is 1. The zero-order chi connectivity index (χ0) is 18.6. The number of carbonyl (C=O) groups is 1. The van der Waals surface area contributed by atoms with Crippen LogP contribution in [0, 0.1) is 18.6 Å². The van der Waals surface area contributed by atoms with Crippen LogP contribution in [0.1, 0.15) is 29.8 Å². The molecule has 0 spiro atoms. The lowest BCUT2D eigenvalue weighted by atomic mass is 10.1. The highest BCUT2D eigenvalue weighted by Gasteiger charge is 2.21. The number of halogens is 2. The van der Waals surface area contributed by atoms with Crippen LogP contribution in [-0.4, -0.2) is 18.1 Å². The van der Waals surface area contributed by atoms with E-state index in [2.05, 4.69) is 15.0 Å². The second-order valence-electron chi connectivity index (χ2n) is 4.91. The maximum absolute atomic E-state index is 14.7. The van der Waals surface area contributed by atoms with Crippen molar-refractivity contribution in [1.29, 1.82) is 0 Å². The number of hydrogen-bond donors (Lipinski definition) is 1. The number of anilines is 2. The Kier molecular flexibility index (Phi) is 6.03. The molecule has 7 heteroatoms. The summed E-state index contributed by atoms with van der Waals surface area (Å²) in [5.41, 5.74) is 2.23. The zero-order valence-corrected chi connectivity index (χ0v) is 15.1. The van der Waals surface area contributed by atoms with E-state index in [1.807, 2.05) is 13.8 Å². The molecular weight excluding hydrogens is 346 g/mol. The number of methoxy groups -OCH3 is 1. The molecule has 1 aromatic heterocycles. The lowest BCUT2D eigenvalue weighted by Gasteiger charge is -2.13. The molecule has 0 aliphatic heterocycles. The van der Waals surface area contributed by atoms with Crippen molar-refractivity contribution < 1.29 is 18.3 Å². The monoisotopic (exact) mass is 364 g/mol. The van der Waals surface area contributed by atoms with E-state index < -0.39 is 17.6 Å². The van der Waals surface area contributed by atoms with Crippen molar-refractivity contribution in [1.82, 2.24) is 4.98 Å². The Balaban J connectivity index is 0.00000109. The second-order valence-corrected chi connectivity index (χ2v) is 5.80. The van der Waals surface area contributed by atoms with E-state index in [9.17, 15) is 13.6 Å². The minimum Gasteiger partial charge on any atom is -0.465 e. The number of carbonyl (C=O) groups excluding carboxylic acids is 1. The summed E-state index contributed by atoms with van der Waals surface area (Å²) in [6.07, 6.45) is 0. The molecule has 0 aliphatic rings. The third kappa shape index (κ3) is 3.76. The van der Waals surface area contributed by atoms with Crippen LogP contribution in [0.5, 0.6) is 0 Å². The van der Waals surface area contributed by atoms with Gasteiger partial charge in [-0.05, 0) is 30.7 Å². The van der Waals surface area contributed by atoms with Crippen LogP contribution in [0.3, 0.4) is 0 Å². The zero-order valence-electron chi connectivity index (χ0n) is 14.3. The fourth-order valence-corrected chi connectivity index (χ4v) is 2.92. The van der Waals surface area contributed by atoms with Crippen LogP contribution >= 0.6 is 11.3 Å². The van der Waals surface area contributed by atoms with Crippen LogP contribution in [-0.2, 0) is 4.74 Å². The number of benzene rings is 2. The molecule has 1 N–H and O–H groups in total. The van der Waals surface area contributed by atoms with Gasteiger partial charge in [-0.2, -0.15) is 0 Å². The third-order valence-electron chi connectivity index (χ3n) is 3.36. The van der Waals surface area contributed by atoms with Crippen molar-refractivity contribution in [3.8, 4) is 0 Å². The Labute approximate surface area is 148 Å². The largest absolute Gasteiger partial charge is 0.465 e. The molecule has 0 amide bonds. The summed E-state index contributed by atoms with van der Waals surface area (Å²) in [4.78, 5) is 15.9. The van der Waals surface area contributed by atoms with Crippen LogP contribution in [0.25, 0.3) is 10.2 Å². The number of ether oxygens (including phenoxy) is 1. The summed E-state index contributed by atoms with van der Waals surface area (Å²) in [6.45, 7) is 5.74. The molecule has 0 saturated heterocycles. The molecule has 1 heterocycles. The summed E-state index contributed by atoms with van der Waals surface area (Å²) in [6, 6.07) is 5.97. The van der Waals surface area contributed by atoms with Gasteiger partial charge < -0.3 is 10.1 Å². The normalized spacial score (nSPS) is 10.2. The minimum absolute atomic E-state index is 0.0123. The first kappa shape index (κ1) is 18.8. The van der Waals surface area contributed by atoms with Crippen molar-refractivity contribution in [2.24, 2.45) is 0 Å². The van der Waals surface area contributed by atoms with Crippen LogP contribution in [0.15, 0.2) is 29.8 Å². The molecule has 25 heavy (non-hydrogen) atoms. The Hall–Kier alpha value is -2.54. The molecular formula is C18H18F2N2O2S. The number of nitrogens with one attached hydrogen (secondary N) is 1. The van der Waals surface area contributed by atoms with Gasteiger partial charge in [-0.3, -0.25) is 0 Å². The van der Waals surface area contributed by atoms with Crippen molar-refractivity contribution in [3.63, 3.8) is 0 Å². The van der Waals surface area contributed by atoms with Crippen LogP contribution in [0.2, 0.25) is 0 Å². The maximum Gasteiger partial charge on any atom is 0.340 e. The van der Waals surface area contributed by atoms with Crippen LogP contribution in [0.4, 0.5) is 20.2 Å². The van der Waals surface area contributed by atoms with Gasteiger partial charge in [-0.25, -0.2) is 18.6 Å². The molecule has 0 radical (unpaired) electrons. The van der Waals surface area contributed by atoms with Crippen LogP contribution < -0.4 is 5.32 Å². The SMILES string of the molecule is CC.COC(=O)c1cc2scnc2c(F)c1Nc1ccc(C)cc1F. The van der Waals surface area contributed by atoms with E-state index in [0.29, 0.717) is 4.70 Å². The van der Waals surface area contributed by atoms with Gasteiger partial charge in [-0.15, -0.1) is 11.3 Å². The molecule has 132 valence electrons. The number of nitrogens with zero attached hydrogens (tertiary/aromatic N) is 1. The summed E-state index contributed by atoms with van der Waals surface area (Å²) in [7, 11) is 1.20. The van der Waals surface area contributed by atoms with Crippen molar-refractivity contribution in [3.05, 3.63) is 52.5 Å². The highest BCUT2D eigenvalue weighted by atomic mass is 32.1. The summed E-state index contributed by atoms with van der Waals surface area (Å²) >= 11 is 1.20. The van der Waals surface area contributed by atoms with Gasteiger partial charge in [0, 0.05) is 0 Å². The number of hydrogen-bond acceptors (Lipinski definition) is 5. The fourth-order valence-electron chi connectivity index (χ4n) is 2.21. The molecule has 2 aromatic carbocycles. The smallest absolute Gasteiger partial charge is 0.340 e. The average molecular weight is 364 g/mol. The summed E-state index contributed by atoms with van der Waals surface area (Å²) in [5.74, 6) is -1.98. The molecule has 0 atom stereocenters. The van der Waals surface area contributed by atoms with Crippen molar-refractivity contribution in [2.45, 2.75) is 20.8 Å². The van der Waals surface area contributed by atoms with Crippen molar-refractivity contribution >= 4 is 38.9 Å². The Morgan fingerprint density at radius 3 is 2.60 bits per heavy atom. The summed E-state index contributed by atoms with van der Waals surface area (Å²) < 4.78 is 33.9. The first-order valence-corrected chi connectivity index (χ1v) is 8.56. The lowest BCUT2D eigenvalue weighted by Crippen LogP contribution is -2.08. The number of aromatic nitrogens is 1. The summed E-state index contributed by atoms with van der Waals surface area (Å²) in [5, 5.41) is 2.65. The molecule has 3 aromatic rings. The van der Waals surface area contributed by atoms with E-state index in [-0.39, 0.29) is 22.5 Å². The van der Waals surface area contributed by atoms with Gasteiger partial charge in [0.15, 0.2) is 5.82 Å². The first-order valence-electron chi connectivity index (χ1n) is 7.68. The highest BCUT2D eigenvalue weighted by molar-refractivity contribution is 7.16. The molecule has 3 rings (SSSR count). The van der Waals surface area contributed by atoms with Crippen molar-refractivity contribution in [2.75, 3.05) is 12.4 Å². The highest BCUT2D eigenvalue weighted by Crippen LogP contribution is 2.33. The van der Waals surface area contributed by atoms with E-state index in [4.69, 9.17) is 0 Å². The van der Waals surface area contributed by atoms with Gasteiger partial charge in [-0.1, -0.05) is 19.9 Å². The van der Waals surface area contributed by atoms with E-state index in [0.717, 1.165) is 5.56 Å².